The fraction of sp³-hybridized carbons (Fsp3) is 0.462. The second kappa shape index (κ2) is 5.87. The second-order valence-electron chi connectivity index (χ2n) is 4.62. The fourth-order valence-electron chi connectivity index (χ4n) is 2.13. The van der Waals surface area contributed by atoms with Crippen molar-refractivity contribution in [3.63, 3.8) is 0 Å². The average molecular weight is 285 g/mol. The van der Waals surface area contributed by atoms with Gasteiger partial charge in [0.1, 0.15) is 4.99 Å². The highest BCUT2D eigenvalue weighted by Crippen LogP contribution is 2.24. The van der Waals surface area contributed by atoms with Crippen LogP contribution in [-0.4, -0.2) is 24.2 Å². The highest BCUT2D eigenvalue weighted by Gasteiger charge is 2.22. The van der Waals surface area contributed by atoms with Crippen LogP contribution >= 0.6 is 23.8 Å². The molecule has 2 atom stereocenters. The Bertz CT molecular complexity index is 447. The van der Waals surface area contributed by atoms with E-state index < -0.39 is 0 Å². The van der Waals surface area contributed by atoms with Crippen LogP contribution in [0.5, 0.6) is 0 Å². The minimum atomic E-state index is 0.323. The van der Waals surface area contributed by atoms with Crippen molar-refractivity contribution in [1.82, 2.24) is 0 Å². The van der Waals surface area contributed by atoms with E-state index in [0.717, 1.165) is 25.3 Å². The van der Waals surface area contributed by atoms with E-state index in [1.807, 2.05) is 18.2 Å². The van der Waals surface area contributed by atoms with E-state index in [1.54, 1.807) is 0 Å². The van der Waals surface area contributed by atoms with E-state index in [9.17, 15) is 0 Å². The van der Waals surface area contributed by atoms with E-state index in [0.29, 0.717) is 27.5 Å². The summed E-state index contributed by atoms with van der Waals surface area (Å²) < 4.78 is 5.39. The SMILES string of the molecule is CC(Nc1ccc(C(N)=S)c(Cl)c1)C1CCOC1. The van der Waals surface area contributed by atoms with E-state index >= 15 is 0 Å². The third-order valence-corrected chi connectivity index (χ3v) is 3.83. The summed E-state index contributed by atoms with van der Waals surface area (Å²) in [6.45, 7) is 3.85. The maximum absolute atomic E-state index is 6.14. The Morgan fingerprint density at radius 1 is 1.61 bits per heavy atom. The molecule has 2 rings (SSSR count). The Labute approximate surface area is 118 Å². The lowest BCUT2D eigenvalue weighted by Crippen LogP contribution is -2.26. The summed E-state index contributed by atoms with van der Waals surface area (Å²) in [4.78, 5) is 0.323. The first kappa shape index (κ1) is 13.6. The quantitative estimate of drug-likeness (QED) is 0.835. The van der Waals surface area contributed by atoms with Gasteiger partial charge < -0.3 is 15.8 Å². The molecule has 1 aliphatic heterocycles. The summed E-state index contributed by atoms with van der Waals surface area (Å²) in [6.07, 6.45) is 1.10. The molecule has 0 radical (unpaired) electrons. The first-order valence-electron chi connectivity index (χ1n) is 6.01. The zero-order valence-electron chi connectivity index (χ0n) is 10.3. The molecular formula is C13H17ClN2OS. The molecular weight excluding hydrogens is 268 g/mol. The molecule has 0 aliphatic carbocycles. The molecule has 1 aliphatic rings. The van der Waals surface area contributed by atoms with E-state index in [2.05, 4.69) is 12.2 Å². The number of anilines is 1. The number of rotatable bonds is 4. The standard InChI is InChI=1S/C13H17ClN2OS/c1-8(9-4-5-17-7-9)16-10-2-3-11(13(15)18)12(14)6-10/h2-3,6,8-9,16H,4-5,7H2,1H3,(H2,15,18). The molecule has 0 bridgehead atoms. The van der Waals surface area contributed by atoms with Crippen molar-refractivity contribution >= 4 is 34.5 Å². The van der Waals surface area contributed by atoms with Crippen LogP contribution in [-0.2, 0) is 4.74 Å². The van der Waals surface area contributed by atoms with E-state index in [4.69, 9.17) is 34.3 Å². The third kappa shape index (κ3) is 3.13. The number of nitrogens with one attached hydrogen (secondary N) is 1. The van der Waals surface area contributed by atoms with Crippen molar-refractivity contribution in [3.8, 4) is 0 Å². The number of nitrogens with two attached hydrogens (primary N) is 1. The molecule has 1 fully saturated rings. The summed E-state index contributed by atoms with van der Waals surface area (Å²) in [7, 11) is 0. The first-order chi connectivity index (χ1) is 8.58. The molecule has 2 unspecified atom stereocenters. The van der Waals surface area contributed by atoms with Gasteiger partial charge in [0.25, 0.3) is 0 Å². The van der Waals surface area contributed by atoms with Crippen molar-refractivity contribution in [2.75, 3.05) is 18.5 Å². The molecule has 5 heteroatoms. The summed E-state index contributed by atoms with van der Waals surface area (Å²) in [5.74, 6) is 0.555. The van der Waals surface area contributed by atoms with Crippen LogP contribution < -0.4 is 11.1 Å². The normalized spacial score (nSPS) is 20.7. The summed E-state index contributed by atoms with van der Waals surface area (Å²) in [5.41, 5.74) is 7.28. The van der Waals surface area contributed by atoms with Crippen molar-refractivity contribution in [1.29, 1.82) is 0 Å². The van der Waals surface area contributed by atoms with Gasteiger partial charge in [0.2, 0.25) is 0 Å². The van der Waals surface area contributed by atoms with Gasteiger partial charge in [0, 0.05) is 29.8 Å². The molecule has 98 valence electrons. The third-order valence-electron chi connectivity index (χ3n) is 3.30. The van der Waals surface area contributed by atoms with Gasteiger partial charge in [-0.3, -0.25) is 0 Å². The monoisotopic (exact) mass is 284 g/mol. The molecule has 0 aromatic heterocycles. The van der Waals surface area contributed by atoms with Crippen LogP contribution in [0.15, 0.2) is 18.2 Å². The maximum atomic E-state index is 6.14. The molecule has 1 aromatic rings. The number of hydrogen-bond acceptors (Lipinski definition) is 3. The lowest BCUT2D eigenvalue weighted by molar-refractivity contribution is 0.183. The molecule has 1 heterocycles. The summed E-state index contributed by atoms with van der Waals surface area (Å²) >= 11 is 11.1. The van der Waals surface area contributed by atoms with Crippen molar-refractivity contribution in [3.05, 3.63) is 28.8 Å². The Hall–Kier alpha value is -0.840. The Morgan fingerprint density at radius 2 is 2.39 bits per heavy atom. The molecule has 3 N–H and O–H groups in total. The topological polar surface area (TPSA) is 47.3 Å². The summed E-state index contributed by atoms with van der Waals surface area (Å²) in [5, 5.41) is 4.03. The second-order valence-corrected chi connectivity index (χ2v) is 5.46. The number of hydrogen-bond donors (Lipinski definition) is 2. The zero-order chi connectivity index (χ0) is 13.1. The average Bonchev–Trinajstić information content (AvgIpc) is 2.81. The van der Waals surface area contributed by atoms with Crippen molar-refractivity contribution in [2.45, 2.75) is 19.4 Å². The van der Waals surface area contributed by atoms with Crippen LogP contribution in [0.4, 0.5) is 5.69 Å². The maximum Gasteiger partial charge on any atom is 0.105 e. The molecule has 1 saturated heterocycles. The van der Waals surface area contributed by atoms with Gasteiger partial charge in [0.05, 0.1) is 11.6 Å². The number of halogens is 1. The fourth-order valence-corrected chi connectivity index (χ4v) is 2.65. The number of thiocarbonyl (C=S) groups is 1. The minimum Gasteiger partial charge on any atom is -0.389 e. The molecule has 18 heavy (non-hydrogen) atoms. The zero-order valence-corrected chi connectivity index (χ0v) is 11.9. The van der Waals surface area contributed by atoms with Crippen LogP contribution in [0.1, 0.15) is 18.9 Å². The highest BCUT2D eigenvalue weighted by atomic mass is 35.5. The van der Waals surface area contributed by atoms with Crippen molar-refractivity contribution in [2.24, 2.45) is 11.7 Å². The molecule has 3 nitrogen and oxygen atoms in total. The lowest BCUT2D eigenvalue weighted by Gasteiger charge is -2.21. The van der Waals surface area contributed by atoms with Gasteiger partial charge in [-0.2, -0.15) is 0 Å². The van der Waals surface area contributed by atoms with Gasteiger partial charge in [0.15, 0.2) is 0 Å². The van der Waals surface area contributed by atoms with E-state index in [1.165, 1.54) is 0 Å². The Morgan fingerprint density at radius 3 is 2.94 bits per heavy atom. The van der Waals surface area contributed by atoms with Crippen LogP contribution in [0, 0.1) is 5.92 Å². The van der Waals surface area contributed by atoms with Gasteiger partial charge in [-0.15, -0.1) is 0 Å². The van der Waals surface area contributed by atoms with Gasteiger partial charge in [-0.05, 0) is 31.5 Å². The number of benzene rings is 1. The van der Waals surface area contributed by atoms with Gasteiger partial charge in [-0.1, -0.05) is 23.8 Å². The van der Waals surface area contributed by atoms with E-state index in [-0.39, 0.29) is 0 Å². The first-order valence-corrected chi connectivity index (χ1v) is 6.80. The summed E-state index contributed by atoms with van der Waals surface area (Å²) in [6, 6.07) is 6.03. The molecule has 0 spiro atoms. The Balaban J connectivity index is 2.05. The molecule has 0 saturated carbocycles. The predicted molar refractivity (Wildman–Crippen MR) is 79.4 cm³/mol. The molecule has 0 amide bonds. The van der Waals surface area contributed by atoms with Crippen molar-refractivity contribution < 1.29 is 4.74 Å². The van der Waals surface area contributed by atoms with Crippen LogP contribution in [0.3, 0.4) is 0 Å². The van der Waals surface area contributed by atoms with Gasteiger partial charge in [-0.25, -0.2) is 0 Å². The number of ether oxygens (including phenoxy) is 1. The van der Waals surface area contributed by atoms with Crippen LogP contribution in [0.25, 0.3) is 0 Å². The largest absolute Gasteiger partial charge is 0.389 e. The lowest BCUT2D eigenvalue weighted by atomic mass is 10.0. The highest BCUT2D eigenvalue weighted by molar-refractivity contribution is 7.80. The minimum absolute atomic E-state index is 0.323. The van der Waals surface area contributed by atoms with Crippen LogP contribution in [0.2, 0.25) is 5.02 Å². The van der Waals surface area contributed by atoms with Gasteiger partial charge >= 0.3 is 0 Å². The predicted octanol–water partition coefficient (Wildman–Crippen LogP) is 2.81. The smallest absolute Gasteiger partial charge is 0.105 e. The Kier molecular flexibility index (Phi) is 4.43. The molecule has 1 aromatic carbocycles.